The van der Waals surface area contributed by atoms with Crippen LogP contribution in [0.2, 0.25) is 0 Å². The number of nitrogens with zero attached hydrogens (tertiary/aromatic N) is 3. The van der Waals surface area contributed by atoms with Gasteiger partial charge in [0.1, 0.15) is 0 Å². The van der Waals surface area contributed by atoms with Gasteiger partial charge in [0.2, 0.25) is 0 Å². The Hall–Kier alpha value is -1.16. The van der Waals surface area contributed by atoms with Crippen molar-refractivity contribution < 1.29 is 0 Å². The third-order valence-corrected chi connectivity index (χ3v) is 3.35. The maximum atomic E-state index is 4.47. The number of pyridine rings is 1. The molecular weight excluding hydrogens is 182 g/mol. The number of hydrogen-bond donors (Lipinski definition) is 0. The highest BCUT2D eigenvalue weighted by molar-refractivity contribution is 7.22. The van der Waals surface area contributed by atoms with Crippen molar-refractivity contribution in [3.63, 3.8) is 0 Å². The summed E-state index contributed by atoms with van der Waals surface area (Å²) in [7, 11) is 0. The van der Waals surface area contributed by atoms with Gasteiger partial charge in [-0.1, -0.05) is 11.3 Å². The predicted molar refractivity (Wildman–Crippen MR) is 54.2 cm³/mol. The molecule has 13 heavy (non-hydrogen) atoms. The molecule has 0 bridgehead atoms. The van der Waals surface area contributed by atoms with E-state index in [4.69, 9.17) is 0 Å². The van der Waals surface area contributed by atoms with Crippen LogP contribution in [-0.2, 0) is 0 Å². The van der Waals surface area contributed by atoms with Gasteiger partial charge in [-0.25, -0.2) is 4.98 Å². The zero-order chi connectivity index (χ0) is 8.67. The molecule has 0 N–H and O–H groups in total. The largest absolute Gasteiger partial charge is 0.348 e. The molecule has 2 aromatic heterocycles. The highest BCUT2D eigenvalue weighted by Gasteiger charge is 2.18. The summed E-state index contributed by atoms with van der Waals surface area (Å²) in [5.74, 6) is 0. The Bertz CT molecular complexity index is 400. The second kappa shape index (κ2) is 2.67. The van der Waals surface area contributed by atoms with E-state index in [0.29, 0.717) is 0 Å². The first-order valence-electron chi connectivity index (χ1n) is 4.40. The molecular formula is C9H9N3S. The molecule has 0 saturated carbocycles. The number of anilines is 1. The molecule has 3 nitrogen and oxygen atoms in total. The van der Waals surface area contributed by atoms with Crippen molar-refractivity contribution >= 4 is 26.8 Å². The van der Waals surface area contributed by atoms with Crippen molar-refractivity contribution in [3.05, 3.63) is 18.3 Å². The van der Waals surface area contributed by atoms with Gasteiger partial charge in [0.25, 0.3) is 0 Å². The zero-order valence-electron chi connectivity index (χ0n) is 7.10. The fourth-order valence-corrected chi connectivity index (χ4v) is 2.38. The van der Waals surface area contributed by atoms with Crippen LogP contribution in [0.3, 0.4) is 0 Å². The van der Waals surface area contributed by atoms with Crippen LogP contribution in [0.4, 0.5) is 5.13 Å². The minimum atomic E-state index is 0.884. The first-order chi connectivity index (χ1) is 6.43. The summed E-state index contributed by atoms with van der Waals surface area (Å²) in [6.07, 6.45) is 3.09. The molecule has 1 aliphatic heterocycles. The first-order valence-corrected chi connectivity index (χ1v) is 5.22. The quantitative estimate of drug-likeness (QED) is 0.689. The average Bonchev–Trinajstić information content (AvgIpc) is 2.43. The van der Waals surface area contributed by atoms with E-state index in [0.717, 1.165) is 23.9 Å². The van der Waals surface area contributed by atoms with Crippen LogP contribution in [0.25, 0.3) is 10.3 Å². The summed E-state index contributed by atoms with van der Waals surface area (Å²) >= 11 is 1.73. The van der Waals surface area contributed by atoms with E-state index in [1.54, 1.807) is 17.5 Å². The molecule has 1 aliphatic rings. The Balaban J connectivity index is 2.10. The molecule has 3 rings (SSSR count). The number of thiazole rings is 1. The fourth-order valence-electron chi connectivity index (χ4n) is 1.40. The van der Waals surface area contributed by atoms with Crippen molar-refractivity contribution in [2.45, 2.75) is 6.42 Å². The monoisotopic (exact) mass is 191 g/mol. The minimum absolute atomic E-state index is 0.884. The van der Waals surface area contributed by atoms with Gasteiger partial charge in [-0.05, 0) is 18.6 Å². The van der Waals surface area contributed by atoms with Crippen molar-refractivity contribution in [1.82, 2.24) is 9.97 Å². The minimum Gasteiger partial charge on any atom is -0.348 e. The van der Waals surface area contributed by atoms with E-state index in [1.807, 2.05) is 6.07 Å². The summed E-state index contributed by atoms with van der Waals surface area (Å²) < 4.78 is 1.18. The maximum Gasteiger partial charge on any atom is 0.188 e. The van der Waals surface area contributed by atoms with E-state index in [-0.39, 0.29) is 0 Å². The van der Waals surface area contributed by atoms with Crippen LogP contribution in [0, 0.1) is 0 Å². The van der Waals surface area contributed by atoms with Crippen LogP contribution >= 0.6 is 11.3 Å². The van der Waals surface area contributed by atoms with Crippen LogP contribution in [0.1, 0.15) is 6.42 Å². The van der Waals surface area contributed by atoms with Crippen molar-refractivity contribution in [2.24, 2.45) is 0 Å². The zero-order valence-corrected chi connectivity index (χ0v) is 7.92. The molecule has 0 radical (unpaired) electrons. The standard InChI is InChI=1S/C9H9N3S/c1-3-7-8(10-4-1)11-9(13-7)12-5-2-6-12/h1,3-4H,2,5-6H2. The fraction of sp³-hybridized carbons (Fsp3) is 0.333. The summed E-state index contributed by atoms with van der Waals surface area (Å²) in [4.78, 5) is 11.0. The van der Waals surface area contributed by atoms with Crippen molar-refractivity contribution in [3.8, 4) is 0 Å². The van der Waals surface area contributed by atoms with Gasteiger partial charge in [-0.3, -0.25) is 0 Å². The van der Waals surface area contributed by atoms with Crippen molar-refractivity contribution in [1.29, 1.82) is 0 Å². The Morgan fingerprint density at radius 1 is 1.38 bits per heavy atom. The summed E-state index contributed by atoms with van der Waals surface area (Å²) in [6, 6.07) is 4.03. The highest BCUT2D eigenvalue weighted by Crippen LogP contribution is 2.29. The van der Waals surface area contributed by atoms with E-state index in [9.17, 15) is 0 Å². The lowest BCUT2D eigenvalue weighted by molar-refractivity contribution is 0.616. The molecule has 0 spiro atoms. The SMILES string of the molecule is c1cnc2nc(N3CCC3)sc2c1. The molecule has 0 aliphatic carbocycles. The normalized spacial score (nSPS) is 16.2. The van der Waals surface area contributed by atoms with Crippen LogP contribution < -0.4 is 4.90 Å². The van der Waals surface area contributed by atoms with Gasteiger partial charge in [0, 0.05) is 19.3 Å². The Morgan fingerprint density at radius 3 is 3.00 bits per heavy atom. The van der Waals surface area contributed by atoms with E-state index >= 15 is 0 Å². The molecule has 3 heterocycles. The average molecular weight is 191 g/mol. The van der Waals surface area contributed by atoms with Gasteiger partial charge in [0.15, 0.2) is 10.8 Å². The lowest BCUT2D eigenvalue weighted by Crippen LogP contribution is -2.36. The number of hydrogen-bond acceptors (Lipinski definition) is 4. The number of rotatable bonds is 1. The molecule has 0 aromatic carbocycles. The van der Waals surface area contributed by atoms with Gasteiger partial charge in [-0.15, -0.1) is 0 Å². The second-order valence-corrected chi connectivity index (χ2v) is 4.17. The van der Waals surface area contributed by atoms with Crippen LogP contribution in [0.5, 0.6) is 0 Å². The lowest BCUT2D eigenvalue weighted by Gasteiger charge is -2.29. The van der Waals surface area contributed by atoms with Gasteiger partial charge >= 0.3 is 0 Å². The van der Waals surface area contributed by atoms with E-state index in [2.05, 4.69) is 20.9 Å². The summed E-state index contributed by atoms with van der Waals surface area (Å²) in [5.41, 5.74) is 0.884. The highest BCUT2D eigenvalue weighted by atomic mass is 32.1. The third-order valence-electron chi connectivity index (χ3n) is 2.28. The molecule has 1 saturated heterocycles. The predicted octanol–water partition coefficient (Wildman–Crippen LogP) is 1.90. The molecule has 4 heteroatoms. The van der Waals surface area contributed by atoms with Crippen LogP contribution in [0.15, 0.2) is 18.3 Å². The second-order valence-electron chi connectivity index (χ2n) is 3.16. The Labute approximate surface area is 80.0 Å². The smallest absolute Gasteiger partial charge is 0.188 e. The summed E-state index contributed by atoms with van der Waals surface area (Å²) in [6.45, 7) is 2.31. The van der Waals surface area contributed by atoms with Crippen molar-refractivity contribution in [2.75, 3.05) is 18.0 Å². The maximum absolute atomic E-state index is 4.47. The van der Waals surface area contributed by atoms with E-state index in [1.165, 1.54) is 11.1 Å². The molecule has 0 amide bonds. The Kier molecular flexibility index (Phi) is 1.49. The molecule has 0 unspecified atom stereocenters. The van der Waals surface area contributed by atoms with Gasteiger partial charge < -0.3 is 4.90 Å². The Morgan fingerprint density at radius 2 is 2.31 bits per heavy atom. The summed E-state index contributed by atoms with van der Waals surface area (Å²) in [5, 5.41) is 1.12. The van der Waals surface area contributed by atoms with Crippen LogP contribution in [-0.4, -0.2) is 23.1 Å². The molecule has 2 aromatic rings. The number of aromatic nitrogens is 2. The van der Waals surface area contributed by atoms with E-state index < -0.39 is 0 Å². The molecule has 1 fully saturated rings. The molecule has 0 atom stereocenters. The molecule has 66 valence electrons. The lowest BCUT2D eigenvalue weighted by atomic mass is 10.2. The topological polar surface area (TPSA) is 29.0 Å². The number of fused-ring (bicyclic) bond motifs is 1. The van der Waals surface area contributed by atoms with Gasteiger partial charge in [-0.2, -0.15) is 4.98 Å². The third kappa shape index (κ3) is 1.09. The first kappa shape index (κ1) is 7.26. The van der Waals surface area contributed by atoms with Gasteiger partial charge in [0.05, 0.1) is 4.70 Å².